The number of halogens is 1. The smallest absolute Gasteiger partial charge is 0.198 e. The van der Waals surface area contributed by atoms with Gasteiger partial charge in [-0.3, -0.25) is 5.01 Å². The van der Waals surface area contributed by atoms with E-state index < -0.39 is 11.9 Å². The molecule has 11 heteroatoms. The van der Waals surface area contributed by atoms with Gasteiger partial charge in [-0.15, -0.1) is 0 Å². The van der Waals surface area contributed by atoms with Crippen molar-refractivity contribution in [3.63, 3.8) is 0 Å². The van der Waals surface area contributed by atoms with Crippen molar-refractivity contribution in [2.75, 3.05) is 44.4 Å². The number of hydrazine groups is 1. The van der Waals surface area contributed by atoms with Crippen LogP contribution in [0, 0.1) is 11.8 Å². The maximum absolute atomic E-state index is 10.8. The summed E-state index contributed by atoms with van der Waals surface area (Å²) in [7, 11) is 3.89. The molecule has 198 valence electrons. The predicted molar refractivity (Wildman–Crippen MR) is 144 cm³/mol. The van der Waals surface area contributed by atoms with E-state index in [0.29, 0.717) is 34.8 Å². The van der Waals surface area contributed by atoms with Gasteiger partial charge in [0.15, 0.2) is 6.35 Å². The predicted octanol–water partition coefficient (Wildman–Crippen LogP) is 2.63. The molecule has 1 aliphatic rings. The Morgan fingerprint density at radius 3 is 2.51 bits per heavy atom. The maximum Gasteiger partial charge on any atom is 0.198 e. The van der Waals surface area contributed by atoms with E-state index in [-0.39, 0.29) is 19.1 Å². The molecule has 1 aromatic rings. The molecule has 10 nitrogen and oxygen atoms in total. The fraction of sp³-hybridized carbons (Fsp3) is 0.667. The molecule has 0 saturated heterocycles. The summed E-state index contributed by atoms with van der Waals surface area (Å²) in [4.78, 5) is 11.1. The summed E-state index contributed by atoms with van der Waals surface area (Å²) in [6, 6.07) is 3.41. The highest BCUT2D eigenvalue weighted by molar-refractivity contribution is 6.29. The van der Waals surface area contributed by atoms with Gasteiger partial charge < -0.3 is 31.5 Å². The van der Waals surface area contributed by atoms with Crippen molar-refractivity contribution in [3.05, 3.63) is 28.7 Å². The van der Waals surface area contributed by atoms with E-state index in [4.69, 9.17) is 22.3 Å². The Kier molecular flexibility index (Phi) is 10.6. The average molecular weight is 511 g/mol. The third-order valence-electron chi connectivity index (χ3n) is 5.74. The van der Waals surface area contributed by atoms with Gasteiger partial charge in [-0.25, -0.2) is 9.98 Å². The van der Waals surface area contributed by atoms with Gasteiger partial charge in [0.05, 0.1) is 13.2 Å². The van der Waals surface area contributed by atoms with Gasteiger partial charge >= 0.3 is 0 Å². The topological polar surface area (TPSA) is 134 Å². The Bertz CT molecular complexity index is 898. The largest absolute Gasteiger partial charge is 0.394 e. The van der Waals surface area contributed by atoms with Gasteiger partial charge in [-0.05, 0) is 43.7 Å². The van der Waals surface area contributed by atoms with E-state index in [2.05, 4.69) is 41.8 Å². The van der Waals surface area contributed by atoms with E-state index >= 15 is 0 Å². The average Bonchev–Trinajstić information content (AvgIpc) is 2.75. The van der Waals surface area contributed by atoms with Gasteiger partial charge in [0.25, 0.3) is 0 Å². The zero-order valence-corrected chi connectivity index (χ0v) is 22.8. The number of pyridine rings is 1. The molecule has 0 aromatic carbocycles. The molecule has 35 heavy (non-hydrogen) atoms. The van der Waals surface area contributed by atoms with Crippen LogP contribution in [0.5, 0.6) is 0 Å². The number of hydrogen-bond acceptors (Lipinski definition) is 10. The van der Waals surface area contributed by atoms with Crippen LogP contribution in [0.4, 0.5) is 11.5 Å². The fourth-order valence-electron chi connectivity index (χ4n) is 4.17. The normalized spacial score (nSPS) is 17.4. The van der Waals surface area contributed by atoms with Crippen molar-refractivity contribution in [1.82, 2.24) is 20.3 Å². The lowest BCUT2D eigenvalue weighted by Crippen LogP contribution is -2.54. The summed E-state index contributed by atoms with van der Waals surface area (Å²) in [6.07, 6.45) is 0.401. The van der Waals surface area contributed by atoms with Crippen molar-refractivity contribution in [2.45, 2.75) is 59.4 Å². The molecule has 1 aromatic heterocycles. The molecular weight excluding hydrogens is 468 g/mol. The monoisotopic (exact) mass is 510 g/mol. The highest BCUT2D eigenvalue weighted by atomic mass is 35.5. The molecule has 0 saturated carbocycles. The minimum Gasteiger partial charge on any atom is -0.394 e. The molecule has 0 bridgehead atoms. The Morgan fingerprint density at radius 1 is 1.29 bits per heavy atom. The molecule has 0 amide bonds. The number of aromatic nitrogens is 1. The first-order valence-electron chi connectivity index (χ1n) is 12.2. The van der Waals surface area contributed by atoms with Crippen LogP contribution in [-0.2, 0) is 0 Å². The van der Waals surface area contributed by atoms with Gasteiger partial charge in [-0.1, -0.05) is 32.4 Å². The van der Waals surface area contributed by atoms with Crippen LogP contribution in [0.15, 0.2) is 28.5 Å². The molecule has 1 aliphatic heterocycles. The van der Waals surface area contributed by atoms with Crippen LogP contribution in [0.1, 0.15) is 47.5 Å². The number of anilines is 2. The second-order valence-electron chi connectivity index (χ2n) is 9.98. The molecule has 0 fully saturated rings. The second kappa shape index (κ2) is 12.7. The summed E-state index contributed by atoms with van der Waals surface area (Å²) >= 11 is 6.16. The van der Waals surface area contributed by atoms with Crippen molar-refractivity contribution in [3.8, 4) is 0 Å². The van der Waals surface area contributed by atoms with E-state index in [1.54, 1.807) is 17.1 Å². The van der Waals surface area contributed by atoms with Crippen molar-refractivity contribution in [1.29, 1.82) is 0 Å². The van der Waals surface area contributed by atoms with Gasteiger partial charge in [0.2, 0.25) is 0 Å². The van der Waals surface area contributed by atoms with Crippen LogP contribution >= 0.6 is 11.6 Å². The summed E-state index contributed by atoms with van der Waals surface area (Å²) in [5.74, 6) is 2.61. The lowest BCUT2D eigenvalue weighted by atomic mass is 9.75. The SMILES string of the molecule is CCCNc1cc(NC(O)NN(CCO)C2=NC(N(C)C)=C(C(C)(C)N)C(C(C)C)C2)cc(Cl)n1. The van der Waals surface area contributed by atoms with Crippen LogP contribution < -0.4 is 21.8 Å². The van der Waals surface area contributed by atoms with Gasteiger partial charge in [0.1, 0.15) is 22.6 Å². The first-order chi connectivity index (χ1) is 16.4. The number of amidine groups is 1. The number of nitrogens with zero attached hydrogens (tertiary/aromatic N) is 4. The van der Waals surface area contributed by atoms with E-state index in [9.17, 15) is 10.2 Å². The standard InChI is InChI=1S/C24H43ClN8O2/c1-8-9-27-19-13-16(12-18(25)29-19)28-23(35)31-33(10-11-34)20-14-17(15(2)3)21(24(4,5)26)22(30-20)32(6)7/h12-13,15,17,23,31,34-35H,8-11,14,26H2,1-7H3,(H2,27,28,29). The molecule has 0 radical (unpaired) electrons. The first-order valence-corrected chi connectivity index (χ1v) is 12.5. The Morgan fingerprint density at radius 2 is 1.97 bits per heavy atom. The highest BCUT2D eigenvalue weighted by Crippen LogP contribution is 2.38. The molecule has 0 spiro atoms. The molecular formula is C24H43ClN8O2. The lowest BCUT2D eigenvalue weighted by Gasteiger charge is -2.41. The number of aliphatic hydroxyl groups is 2. The third-order valence-corrected chi connectivity index (χ3v) is 5.93. The second-order valence-corrected chi connectivity index (χ2v) is 10.4. The third kappa shape index (κ3) is 8.22. The van der Waals surface area contributed by atoms with E-state index in [0.717, 1.165) is 24.4 Å². The van der Waals surface area contributed by atoms with Gasteiger partial charge in [-0.2, -0.15) is 5.43 Å². The maximum atomic E-state index is 10.8. The molecule has 2 unspecified atom stereocenters. The number of aliphatic imine (C=N–C) groups is 1. The van der Waals surface area contributed by atoms with Crippen molar-refractivity contribution >= 4 is 28.9 Å². The summed E-state index contributed by atoms with van der Waals surface area (Å²) in [5, 5.41) is 28.7. The number of nitrogens with two attached hydrogens (primary N) is 1. The molecule has 2 atom stereocenters. The Balaban J connectivity index is 2.31. The molecule has 2 rings (SSSR count). The van der Waals surface area contributed by atoms with Crippen LogP contribution in [0.25, 0.3) is 0 Å². The minimum absolute atomic E-state index is 0.118. The zero-order chi connectivity index (χ0) is 26.3. The van der Waals surface area contributed by atoms with E-state index in [1.165, 1.54) is 0 Å². The van der Waals surface area contributed by atoms with Crippen LogP contribution in [0.3, 0.4) is 0 Å². The van der Waals surface area contributed by atoms with Crippen LogP contribution in [0.2, 0.25) is 5.15 Å². The first kappa shape index (κ1) is 29.1. The minimum atomic E-state index is -1.17. The molecule has 7 N–H and O–H groups in total. The summed E-state index contributed by atoms with van der Waals surface area (Å²) in [6.45, 7) is 11.3. The number of aliphatic hydroxyl groups excluding tert-OH is 2. The summed E-state index contributed by atoms with van der Waals surface area (Å²) < 4.78 is 0. The molecule has 2 heterocycles. The quantitative estimate of drug-likeness (QED) is 0.142. The van der Waals surface area contributed by atoms with Gasteiger partial charge in [0, 0.05) is 44.4 Å². The zero-order valence-electron chi connectivity index (χ0n) is 22.1. The van der Waals surface area contributed by atoms with E-state index in [1.807, 2.05) is 32.8 Å². The summed E-state index contributed by atoms with van der Waals surface area (Å²) in [5.41, 5.74) is 10.8. The van der Waals surface area contributed by atoms with Crippen molar-refractivity contribution in [2.24, 2.45) is 22.6 Å². The highest BCUT2D eigenvalue weighted by Gasteiger charge is 2.37. The number of hydrogen-bond donors (Lipinski definition) is 6. The number of rotatable bonds is 12. The Hall–Kier alpha value is -2.11. The molecule has 0 aliphatic carbocycles. The lowest BCUT2D eigenvalue weighted by molar-refractivity contribution is 0.0817. The van der Waals surface area contributed by atoms with Crippen LogP contribution in [-0.4, -0.2) is 76.6 Å². The fourth-order valence-corrected chi connectivity index (χ4v) is 4.38. The Labute approximate surface area is 214 Å². The van der Waals surface area contributed by atoms with Crippen molar-refractivity contribution < 1.29 is 10.2 Å². The number of nitrogens with one attached hydrogen (secondary N) is 3.